The van der Waals surface area contributed by atoms with E-state index in [-0.39, 0.29) is 0 Å². The first-order valence-electron chi connectivity index (χ1n) is 8.99. The van der Waals surface area contributed by atoms with E-state index in [1.165, 1.54) is 0 Å². The minimum Gasteiger partial charge on any atom is -0.490 e. The van der Waals surface area contributed by atoms with Crippen molar-refractivity contribution in [1.29, 1.82) is 0 Å². The van der Waals surface area contributed by atoms with Gasteiger partial charge in [0.2, 0.25) is 0 Å². The van der Waals surface area contributed by atoms with E-state index in [2.05, 4.69) is 4.99 Å². The van der Waals surface area contributed by atoms with Crippen LogP contribution in [-0.2, 0) is 6.61 Å². The van der Waals surface area contributed by atoms with Crippen LogP contribution < -0.4 is 9.47 Å². The number of halogens is 2. The van der Waals surface area contributed by atoms with Crippen LogP contribution in [0.5, 0.6) is 11.5 Å². The fourth-order valence-corrected chi connectivity index (χ4v) is 2.85. The zero-order chi connectivity index (χ0) is 19.9. The normalized spacial score (nSPS) is 11.0. The predicted octanol–water partition coefficient (Wildman–Crippen LogP) is 7.03. The van der Waals surface area contributed by atoms with Crippen LogP contribution in [0.4, 0.5) is 5.69 Å². The zero-order valence-electron chi connectivity index (χ0n) is 15.8. The summed E-state index contributed by atoms with van der Waals surface area (Å²) in [6.45, 7) is 4.89. The van der Waals surface area contributed by atoms with Gasteiger partial charge >= 0.3 is 0 Å². The number of hydrogen-bond donors (Lipinski definition) is 0. The molecule has 0 amide bonds. The van der Waals surface area contributed by atoms with E-state index in [1.807, 2.05) is 74.5 Å². The molecule has 3 aromatic rings. The molecule has 0 radical (unpaired) electrons. The van der Waals surface area contributed by atoms with Gasteiger partial charge in [0, 0.05) is 16.3 Å². The first kappa shape index (κ1) is 20.2. The number of rotatable bonds is 7. The molecule has 0 saturated heterocycles. The quantitative estimate of drug-likeness (QED) is 0.389. The van der Waals surface area contributed by atoms with Crippen molar-refractivity contribution in [3.8, 4) is 11.5 Å². The molecular formula is C23H21Cl2NO2. The fraction of sp³-hybridized carbons (Fsp3) is 0.174. The summed E-state index contributed by atoms with van der Waals surface area (Å²) < 4.78 is 11.7. The first-order valence-corrected chi connectivity index (χ1v) is 9.75. The van der Waals surface area contributed by atoms with Crippen LogP contribution in [0.2, 0.25) is 10.0 Å². The number of ether oxygens (including phenoxy) is 2. The van der Waals surface area contributed by atoms with Crippen molar-refractivity contribution in [2.45, 2.75) is 20.5 Å². The molecule has 0 aromatic heterocycles. The van der Waals surface area contributed by atoms with Crippen LogP contribution in [0.15, 0.2) is 65.7 Å². The molecule has 5 heteroatoms. The number of aliphatic imine (C=N–C) groups is 1. The molecule has 0 fully saturated rings. The molecule has 0 spiro atoms. The number of aryl methyl sites for hydroxylation is 1. The van der Waals surface area contributed by atoms with Crippen LogP contribution in [0.3, 0.4) is 0 Å². The van der Waals surface area contributed by atoms with Gasteiger partial charge in [0.25, 0.3) is 0 Å². The Bertz CT molecular complexity index is 969. The van der Waals surface area contributed by atoms with Crippen molar-refractivity contribution in [3.63, 3.8) is 0 Å². The van der Waals surface area contributed by atoms with Gasteiger partial charge in [-0.3, -0.25) is 4.99 Å². The molecule has 3 rings (SSSR count). The van der Waals surface area contributed by atoms with E-state index in [0.29, 0.717) is 34.8 Å². The molecule has 0 aliphatic rings. The highest BCUT2D eigenvalue weighted by Gasteiger charge is 2.07. The van der Waals surface area contributed by atoms with Gasteiger partial charge in [-0.25, -0.2) is 0 Å². The highest BCUT2D eigenvalue weighted by atomic mass is 35.5. The Morgan fingerprint density at radius 1 is 0.893 bits per heavy atom. The molecule has 3 nitrogen and oxygen atoms in total. The third-order valence-corrected chi connectivity index (χ3v) is 4.75. The molecule has 0 atom stereocenters. The van der Waals surface area contributed by atoms with Crippen molar-refractivity contribution in [3.05, 3.63) is 87.4 Å². The number of hydrogen-bond acceptors (Lipinski definition) is 3. The summed E-state index contributed by atoms with van der Waals surface area (Å²) >= 11 is 12.1. The van der Waals surface area contributed by atoms with Crippen LogP contribution in [0.1, 0.15) is 23.6 Å². The first-order chi connectivity index (χ1) is 13.5. The Morgan fingerprint density at radius 2 is 1.68 bits per heavy atom. The van der Waals surface area contributed by atoms with E-state index < -0.39 is 0 Å². The summed E-state index contributed by atoms with van der Waals surface area (Å²) in [7, 11) is 0. The molecule has 28 heavy (non-hydrogen) atoms. The summed E-state index contributed by atoms with van der Waals surface area (Å²) in [5.41, 5.74) is 3.78. The van der Waals surface area contributed by atoms with Crippen LogP contribution >= 0.6 is 23.2 Å². The standard InChI is InChI=1S/C23H21Cl2NO2/c1-3-27-23-12-18(14-26-20-10-4-16(2)21(25)13-20)7-11-22(23)28-15-17-5-8-19(24)9-6-17/h4-14H,3,15H2,1-2H3. The Hall–Kier alpha value is -2.49. The lowest BCUT2D eigenvalue weighted by atomic mass is 10.2. The van der Waals surface area contributed by atoms with Gasteiger partial charge < -0.3 is 9.47 Å². The second-order valence-electron chi connectivity index (χ2n) is 6.25. The van der Waals surface area contributed by atoms with Gasteiger partial charge in [0.05, 0.1) is 12.3 Å². The molecule has 0 bridgehead atoms. The summed E-state index contributed by atoms with van der Waals surface area (Å²) in [6.07, 6.45) is 1.78. The van der Waals surface area contributed by atoms with E-state index in [4.69, 9.17) is 32.7 Å². The maximum Gasteiger partial charge on any atom is 0.161 e. The second kappa shape index (κ2) is 9.63. The minimum atomic E-state index is 0.437. The smallest absolute Gasteiger partial charge is 0.161 e. The molecule has 0 saturated carbocycles. The Kier molecular flexibility index (Phi) is 6.96. The molecule has 0 unspecified atom stereocenters. The lowest BCUT2D eigenvalue weighted by molar-refractivity contribution is 0.269. The molecule has 0 aliphatic heterocycles. The van der Waals surface area contributed by atoms with Gasteiger partial charge in [0.1, 0.15) is 6.61 Å². The Balaban J connectivity index is 1.75. The lowest BCUT2D eigenvalue weighted by Gasteiger charge is -2.12. The number of nitrogens with zero attached hydrogens (tertiary/aromatic N) is 1. The largest absolute Gasteiger partial charge is 0.490 e. The van der Waals surface area contributed by atoms with Crippen molar-refractivity contribution < 1.29 is 9.47 Å². The van der Waals surface area contributed by atoms with E-state index in [9.17, 15) is 0 Å². The van der Waals surface area contributed by atoms with Gasteiger partial charge in [-0.1, -0.05) is 41.4 Å². The average Bonchev–Trinajstić information content (AvgIpc) is 2.69. The van der Waals surface area contributed by atoms with Crippen molar-refractivity contribution in [2.24, 2.45) is 4.99 Å². The van der Waals surface area contributed by atoms with E-state index >= 15 is 0 Å². The molecule has 0 heterocycles. The summed E-state index contributed by atoms with van der Waals surface area (Å²) in [5.74, 6) is 1.37. The highest BCUT2D eigenvalue weighted by Crippen LogP contribution is 2.29. The SMILES string of the molecule is CCOc1cc(C=Nc2ccc(C)c(Cl)c2)ccc1OCc1ccc(Cl)cc1. The topological polar surface area (TPSA) is 30.8 Å². The third kappa shape index (κ3) is 5.51. The maximum atomic E-state index is 6.16. The third-order valence-electron chi connectivity index (χ3n) is 4.09. The Labute approximate surface area is 175 Å². The van der Waals surface area contributed by atoms with Crippen LogP contribution in [0, 0.1) is 6.92 Å². The lowest BCUT2D eigenvalue weighted by Crippen LogP contribution is -2.00. The molecule has 0 aliphatic carbocycles. The van der Waals surface area contributed by atoms with Crippen molar-refractivity contribution in [2.75, 3.05) is 6.61 Å². The predicted molar refractivity (Wildman–Crippen MR) is 117 cm³/mol. The van der Waals surface area contributed by atoms with E-state index in [0.717, 1.165) is 22.4 Å². The van der Waals surface area contributed by atoms with Crippen molar-refractivity contribution in [1.82, 2.24) is 0 Å². The Morgan fingerprint density at radius 3 is 2.39 bits per heavy atom. The zero-order valence-corrected chi connectivity index (χ0v) is 17.3. The van der Waals surface area contributed by atoms with Gasteiger partial charge in [-0.15, -0.1) is 0 Å². The molecular weight excluding hydrogens is 393 g/mol. The van der Waals surface area contributed by atoms with Gasteiger partial charge in [0.15, 0.2) is 11.5 Å². The summed E-state index contributed by atoms with van der Waals surface area (Å²) in [6, 6.07) is 19.1. The highest BCUT2D eigenvalue weighted by molar-refractivity contribution is 6.31. The van der Waals surface area contributed by atoms with Crippen LogP contribution in [0.25, 0.3) is 0 Å². The molecule has 3 aromatic carbocycles. The average molecular weight is 414 g/mol. The van der Waals surface area contributed by atoms with Crippen LogP contribution in [-0.4, -0.2) is 12.8 Å². The second-order valence-corrected chi connectivity index (χ2v) is 7.09. The number of benzene rings is 3. The van der Waals surface area contributed by atoms with E-state index in [1.54, 1.807) is 6.21 Å². The molecule has 144 valence electrons. The summed E-state index contributed by atoms with van der Waals surface area (Å²) in [4.78, 5) is 4.49. The molecule has 0 N–H and O–H groups in total. The monoisotopic (exact) mass is 413 g/mol. The van der Waals surface area contributed by atoms with Gasteiger partial charge in [-0.2, -0.15) is 0 Å². The van der Waals surface area contributed by atoms with Crippen molar-refractivity contribution >= 4 is 35.1 Å². The maximum absolute atomic E-state index is 6.16. The summed E-state index contributed by atoms with van der Waals surface area (Å²) in [5, 5.41) is 1.41. The fourth-order valence-electron chi connectivity index (χ4n) is 2.55. The minimum absolute atomic E-state index is 0.437. The van der Waals surface area contributed by atoms with Gasteiger partial charge in [-0.05, 0) is 73.0 Å².